The van der Waals surface area contributed by atoms with Crippen LogP contribution in [0.2, 0.25) is 0 Å². The molecular formula is C15H25IN4O2. The number of carbonyl (C=O) groups excluding carboxylic acids is 1. The van der Waals surface area contributed by atoms with Crippen molar-refractivity contribution in [2.45, 2.75) is 39.8 Å². The lowest BCUT2D eigenvalue weighted by Crippen LogP contribution is -2.41. The Hall–Kier alpha value is -1.38. The van der Waals surface area contributed by atoms with E-state index in [4.69, 9.17) is 4.74 Å². The zero-order valence-electron chi connectivity index (χ0n) is 13.5. The summed E-state index contributed by atoms with van der Waals surface area (Å²) in [6, 6.07) is 5.68. The molecule has 0 fully saturated rings. The van der Waals surface area contributed by atoms with Gasteiger partial charge in [-0.2, -0.15) is 0 Å². The lowest BCUT2D eigenvalue weighted by atomic mass is 10.2. The number of carbonyl (C=O) groups is 1. The van der Waals surface area contributed by atoms with E-state index in [0.29, 0.717) is 19.0 Å². The molecule has 0 amide bonds. The fourth-order valence-corrected chi connectivity index (χ4v) is 1.53. The molecule has 1 aromatic rings. The van der Waals surface area contributed by atoms with Gasteiger partial charge in [0.05, 0.1) is 12.2 Å². The summed E-state index contributed by atoms with van der Waals surface area (Å²) in [4.78, 5) is 20.2. The van der Waals surface area contributed by atoms with Crippen molar-refractivity contribution in [3.63, 3.8) is 0 Å². The Labute approximate surface area is 149 Å². The third kappa shape index (κ3) is 9.54. The molecule has 1 aromatic heterocycles. The number of hydrogen-bond donors (Lipinski definition) is 2. The van der Waals surface area contributed by atoms with Gasteiger partial charge in [0.2, 0.25) is 0 Å². The summed E-state index contributed by atoms with van der Waals surface area (Å²) >= 11 is 0. The van der Waals surface area contributed by atoms with Crippen molar-refractivity contribution in [3.8, 4) is 0 Å². The Morgan fingerprint density at radius 3 is 2.59 bits per heavy atom. The zero-order valence-corrected chi connectivity index (χ0v) is 15.9. The number of guanidine groups is 1. The molecular weight excluding hydrogens is 395 g/mol. The van der Waals surface area contributed by atoms with Crippen molar-refractivity contribution in [2.24, 2.45) is 4.99 Å². The number of aliphatic imine (C=N–C) groups is 1. The molecule has 124 valence electrons. The van der Waals surface area contributed by atoms with Crippen LogP contribution in [-0.2, 0) is 16.1 Å². The first-order valence-corrected chi connectivity index (χ1v) is 7.04. The van der Waals surface area contributed by atoms with Crippen LogP contribution in [-0.4, -0.2) is 35.6 Å². The third-order valence-electron chi connectivity index (χ3n) is 2.29. The highest BCUT2D eigenvalue weighted by atomic mass is 127. The lowest BCUT2D eigenvalue weighted by Gasteiger charge is -2.20. The van der Waals surface area contributed by atoms with Gasteiger partial charge < -0.3 is 15.4 Å². The number of hydrogen-bond acceptors (Lipinski definition) is 4. The van der Waals surface area contributed by atoms with E-state index in [1.165, 1.54) is 0 Å². The summed E-state index contributed by atoms with van der Waals surface area (Å²) < 4.78 is 5.23. The van der Waals surface area contributed by atoms with Gasteiger partial charge in [0.25, 0.3) is 0 Å². The molecule has 0 unspecified atom stereocenters. The number of rotatable bonds is 5. The molecule has 0 saturated heterocycles. The maximum Gasteiger partial charge on any atom is 0.325 e. The largest absolute Gasteiger partial charge is 0.459 e. The summed E-state index contributed by atoms with van der Waals surface area (Å²) in [7, 11) is 0. The lowest BCUT2D eigenvalue weighted by molar-refractivity contribution is -0.153. The first-order valence-electron chi connectivity index (χ1n) is 7.04. The predicted octanol–water partition coefficient (Wildman–Crippen LogP) is 2.10. The molecule has 2 N–H and O–H groups in total. The van der Waals surface area contributed by atoms with Crippen LogP contribution < -0.4 is 10.6 Å². The van der Waals surface area contributed by atoms with Gasteiger partial charge in [-0.05, 0) is 39.8 Å². The van der Waals surface area contributed by atoms with E-state index in [0.717, 1.165) is 5.69 Å². The van der Waals surface area contributed by atoms with E-state index in [9.17, 15) is 4.79 Å². The number of esters is 1. The smallest absolute Gasteiger partial charge is 0.325 e. The van der Waals surface area contributed by atoms with Gasteiger partial charge in [0.1, 0.15) is 12.1 Å². The summed E-state index contributed by atoms with van der Waals surface area (Å²) in [5, 5.41) is 6.02. The number of pyridine rings is 1. The van der Waals surface area contributed by atoms with Crippen molar-refractivity contribution >= 4 is 35.9 Å². The second-order valence-electron chi connectivity index (χ2n) is 5.46. The van der Waals surface area contributed by atoms with Crippen molar-refractivity contribution < 1.29 is 9.53 Å². The molecule has 0 radical (unpaired) electrons. The molecule has 0 bridgehead atoms. The van der Waals surface area contributed by atoms with Gasteiger partial charge in [0.15, 0.2) is 5.96 Å². The molecule has 0 aliphatic rings. The fourth-order valence-electron chi connectivity index (χ4n) is 1.53. The monoisotopic (exact) mass is 420 g/mol. The Morgan fingerprint density at radius 2 is 2.05 bits per heavy atom. The first-order chi connectivity index (χ1) is 9.90. The average Bonchev–Trinajstić information content (AvgIpc) is 2.41. The molecule has 7 heteroatoms. The Morgan fingerprint density at radius 1 is 1.32 bits per heavy atom. The molecule has 0 saturated carbocycles. The molecule has 0 spiro atoms. The molecule has 1 rings (SSSR count). The van der Waals surface area contributed by atoms with E-state index in [1.807, 2.05) is 45.9 Å². The van der Waals surface area contributed by atoms with Gasteiger partial charge >= 0.3 is 5.97 Å². The maximum atomic E-state index is 11.7. The third-order valence-corrected chi connectivity index (χ3v) is 2.29. The Bertz CT molecular complexity index is 472. The minimum Gasteiger partial charge on any atom is -0.459 e. The van der Waals surface area contributed by atoms with Gasteiger partial charge in [-0.1, -0.05) is 6.07 Å². The fraction of sp³-hybridized carbons (Fsp3) is 0.533. The highest BCUT2D eigenvalue weighted by Gasteiger charge is 2.16. The molecule has 0 aliphatic carbocycles. The summed E-state index contributed by atoms with van der Waals surface area (Å²) in [5.74, 6) is 0.250. The van der Waals surface area contributed by atoms with Crippen molar-refractivity contribution in [1.82, 2.24) is 15.6 Å². The molecule has 0 aromatic carbocycles. The van der Waals surface area contributed by atoms with Crippen LogP contribution in [0.3, 0.4) is 0 Å². The second-order valence-corrected chi connectivity index (χ2v) is 5.46. The van der Waals surface area contributed by atoms with Gasteiger partial charge in [0, 0.05) is 12.7 Å². The molecule has 6 nitrogen and oxygen atoms in total. The summed E-state index contributed by atoms with van der Waals surface area (Å²) in [6.07, 6.45) is 1.73. The van der Waals surface area contributed by atoms with Crippen LogP contribution in [0, 0.1) is 0 Å². The second kappa shape index (κ2) is 10.4. The average molecular weight is 420 g/mol. The number of nitrogens with zero attached hydrogens (tertiary/aromatic N) is 2. The standard InChI is InChI=1S/C15H24N4O2.HI/c1-5-16-14(18-10-12-8-6-7-9-17-12)19-11-13(20)21-15(2,3)4;/h6-9H,5,10-11H2,1-4H3,(H2,16,18,19);1H. The van der Waals surface area contributed by atoms with Crippen LogP contribution in [0.15, 0.2) is 29.4 Å². The van der Waals surface area contributed by atoms with Crippen LogP contribution in [0.5, 0.6) is 0 Å². The summed E-state index contributed by atoms with van der Waals surface area (Å²) in [5.41, 5.74) is 0.384. The van der Waals surface area contributed by atoms with Gasteiger partial charge in [-0.15, -0.1) is 24.0 Å². The van der Waals surface area contributed by atoms with Crippen LogP contribution in [0.1, 0.15) is 33.4 Å². The van der Waals surface area contributed by atoms with Gasteiger partial charge in [-0.25, -0.2) is 4.99 Å². The topological polar surface area (TPSA) is 75.6 Å². The highest BCUT2D eigenvalue weighted by Crippen LogP contribution is 2.06. The Balaban J connectivity index is 0.00000441. The minimum absolute atomic E-state index is 0. The number of aromatic nitrogens is 1. The zero-order chi connectivity index (χ0) is 15.7. The van der Waals surface area contributed by atoms with Crippen LogP contribution in [0.4, 0.5) is 0 Å². The van der Waals surface area contributed by atoms with E-state index >= 15 is 0 Å². The van der Waals surface area contributed by atoms with Crippen molar-refractivity contribution in [3.05, 3.63) is 30.1 Å². The normalized spacial score (nSPS) is 11.4. The minimum atomic E-state index is -0.484. The van der Waals surface area contributed by atoms with Crippen LogP contribution in [0.25, 0.3) is 0 Å². The molecule has 0 atom stereocenters. The van der Waals surface area contributed by atoms with Crippen molar-refractivity contribution in [1.29, 1.82) is 0 Å². The van der Waals surface area contributed by atoms with E-state index in [2.05, 4.69) is 20.6 Å². The van der Waals surface area contributed by atoms with Gasteiger partial charge in [-0.3, -0.25) is 9.78 Å². The maximum absolute atomic E-state index is 11.7. The molecule has 1 heterocycles. The quantitative estimate of drug-likeness (QED) is 0.330. The van der Waals surface area contributed by atoms with E-state index < -0.39 is 5.60 Å². The number of halogens is 1. The summed E-state index contributed by atoms with van der Waals surface area (Å²) in [6.45, 7) is 8.71. The van der Waals surface area contributed by atoms with Crippen molar-refractivity contribution in [2.75, 3.05) is 13.1 Å². The molecule has 0 aliphatic heterocycles. The first kappa shape index (κ1) is 20.6. The highest BCUT2D eigenvalue weighted by molar-refractivity contribution is 14.0. The number of ether oxygens (including phenoxy) is 1. The SMILES string of the molecule is CCNC(=NCc1ccccn1)NCC(=O)OC(C)(C)C.I. The predicted molar refractivity (Wildman–Crippen MR) is 98.3 cm³/mol. The number of nitrogens with one attached hydrogen (secondary N) is 2. The van der Waals surface area contributed by atoms with Crippen LogP contribution >= 0.6 is 24.0 Å². The van der Waals surface area contributed by atoms with E-state index in [1.54, 1.807) is 6.20 Å². The Kier molecular flexibility index (Phi) is 9.71. The molecule has 22 heavy (non-hydrogen) atoms. The van der Waals surface area contributed by atoms with E-state index in [-0.39, 0.29) is 36.5 Å².